The average Bonchev–Trinajstić information content (AvgIpc) is 3.19. The van der Waals surface area contributed by atoms with Gasteiger partial charge in [0.2, 0.25) is 0 Å². The molecule has 0 saturated heterocycles. The summed E-state index contributed by atoms with van der Waals surface area (Å²) in [5.74, 6) is -0.386. The van der Waals surface area contributed by atoms with Crippen LogP contribution in [-0.2, 0) is 27.9 Å². The molecular weight excluding hydrogens is 727 g/mol. The standard InChI is InChI=1S/C46H91O9P/c1-3-5-7-9-11-13-15-17-19-21-22-23-25-27-29-31-33-35-37-39-52-42-45(43-54-56(50,51)53-41-44(48)40-47)55-46(49)38-36-34-32-30-28-26-24-20-18-16-14-12-10-8-6-4-2/h20,24,44-45,47-48H,3-19,21-23,25-43H2,1-2H3,(H,50,51)/b24-20-. The van der Waals surface area contributed by atoms with Crippen LogP contribution in [0.3, 0.4) is 0 Å². The molecule has 0 radical (unpaired) electrons. The van der Waals surface area contributed by atoms with Crippen molar-refractivity contribution in [3.63, 3.8) is 0 Å². The van der Waals surface area contributed by atoms with Gasteiger partial charge in [0.1, 0.15) is 12.2 Å². The van der Waals surface area contributed by atoms with Crippen molar-refractivity contribution in [1.82, 2.24) is 0 Å². The molecule has 3 atom stereocenters. The maximum atomic E-state index is 12.6. The van der Waals surface area contributed by atoms with Crippen LogP contribution in [0.1, 0.15) is 232 Å². The molecule has 0 rings (SSSR count). The van der Waals surface area contributed by atoms with Crippen molar-refractivity contribution in [2.75, 3.05) is 33.0 Å². The highest BCUT2D eigenvalue weighted by molar-refractivity contribution is 7.47. The number of hydrogen-bond acceptors (Lipinski definition) is 8. The summed E-state index contributed by atoms with van der Waals surface area (Å²) in [7, 11) is -4.52. The van der Waals surface area contributed by atoms with E-state index in [2.05, 4.69) is 26.0 Å². The third-order valence-electron chi connectivity index (χ3n) is 10.5. The smallest absolute Gasteiger partial charge is 0.457 e. The Morgan fingerprint density at radius 3 is 1.34 bits per heavy atom. The minimum Gasteiger partial charge on any atom is -0.457 e. The zero-order valence-electron chi connectivity index (χ0n) is 36.6. The van der Waals surface area contributed by atoms with Gasteiger partial charge in [-0.2, -0.15) is 0 Å². The van der Waals surface area contributed by atoms with Crippen molar-refractivity contribution >= 4 is 13.8 Å². The summed E-state index contributed by atoms with van der Waals surface area (Å²) in [5, 5.41) is 18.4. The minimum absolute atomic E-state index is 0.0521. The Bertz CT molecular complexity index is 887. The van der Waals surface area contributed by atoms with Gasteiger partial charge in [-0.3, -0.25) is 13.8 Å². The molecule has 3 N–H and O–H groups in total. The molecule has 0 aromatic rings. The van der Waals surface area contributed by atoms with Crippen LogP contribution in [-0.4, -0.2) is 66.3 Å². The molecule has 0 heterocycles. The van der Waals surface area contributed by atoms with Crippen LogP contribution in [0.25, 0.3) is 0 Å². The lowest BCUT2D eigenvalue weighted by molar-refractivity contribution is -0.154. The first-order valence-electron chi connectivity index (χ1n) is 23.7. The van der Waals surface area contributed by atoms with Crippen LogP contribution in [0.5, 0.6) is 0 Å². The molecule has 0 fully saturated rings. The highest BCUT2D eigenvalue weighted by Gasteiger charge is 2.26. The molecule has 0 aliphatic heterocycles. The van der Waals surface area contributed by atoms with Gasteiger partial charge in [-0.1, -0.05) is 199 Å². The molecular formula is C46H91O9P. The number of hydrogen-bond donors (Lipinski definition) is 3. The van der Waals surface area contributed by atoms with Gasteiger partial charge in [-0.05, 0) is 38.5 Å². The number of unbranched alkanes of at least 4 members (excludes halogenated alkanes) is 30. The predicted molar refractivity (Wildman–Crippen MR) is 233 cm³/mol. The third-order valence-corrected chi connectivity index (χ3v) is 11.4. The fourth-order valence-electron chi connectivity index (χ4n) is 6.82. The number of phosphoric acid groups is 1. The lowest BCUT2D eigenvalue weighted by Crippen LogP contribution is -2.29. The molecule has 0 bridgehead atoms. The molecule has 0 saturated carbocycles. The van der Waals surface area contributed by atoms with Gasteiger partial charge in [-0.25, -0.2) is 4.57 Å². The fraction of sp³-hybridized carbons (Fsp3) is 0.935. The first kappa shape index (κ1) is 55.2. The lowest BCUT2D eigenvalue weighted by atomic mass is 10.0. The zero-order valence-corrected chi connectivity index (χ0v) is 37.5. The number of phosphoric ester groups is 1. The molecule has 0 aliphatic carbocycles. The van der Waals surface area contributed by atoms with Crippen molar-refractivity contribution in [3.8, 4) is 0 Å². The van der Waals surface area contributed by atoms with Gasteiger partial charge in [0.25, 0.3) is 0 Å². The number of aliphatic hydroxyl groups is 2. The van der Waals surface area contributed by atoms with E-state index in [1.54, 1.807) is 0 Å². The number of carbonyl (C=O) groups is 1. The van der Waals surface area contributed by atoms with Crippen LogP contribution in [0.4, 0.5) is 0 Å². The molecule has 0 amide bonds. The maximum Gasteiger partial charge on any atom is 0.472 e. The molecule has 0 aromatic carbocycles. The second-order valence-corrected chi connectivity index (χ2v) is 17.6. The number of rotatable bonds is 46. The zero-order chi connectivity index (χ0) is 41.1. The molecule has 0 spiro atoms. The van der Waals surface area contributed by atoms with Crippen LogP contribution >= 0.6 is 7.82 Å². The largest absolute Gasteiger partial charge is 0.472 e. The number of allylic oxidation sites excluding steroid dienone is 2. The summed E-state index contributed by atoms with van der Waals surface area (Å²) in [5.41, 5.74) is 0. The number of carbonyl (C=O) groups excluding carboxylic acids is 1. The summed E-state index contributed by atoms with van der Waals surface area (Å²) >= 11 is 0. The highest BCUT2D eigenvalue weighted by Crippen LogP contribution is 2.43. The fourth-order valence-corrected chi connectivity index (χ4v) is 7.61. The first-order chi connectivity index (χ1) is 27.3. The van der Waals surface area contributed by atoms with E-state index >= 15 is 0 Å². The summed E-state index contributed by atoms with van der Waals surface area (Å²) in [6.07, 6.45) is 44.6. The number of esters is 1. The van der Waals surface area contributed by atoms with Gasteiger partial charge in [0.05, 0.1) is 26.4 Å². The second kappa shape index (κ2) is 43.8. The molecule has 0 aliphatic rings. The van der Waals surface area contributed by atoms with E-state index in [-0.39, 0.29) is 25.6 Å². The van der Waals surface area contributed by atoms with E-state index in [0.717, 1.165) is 51.4 Å². The Balaban J connectivity index is 4.09. The summed E-state index contributed by atoms with van der Waals surface area (Å²) in [6.45, 7) is 3.56. The van der Waals surface area contributed by atoms with Gasteiger partial charge < -0.3 is 24.6 Å². The van der Waals surface area contributed by atoms with E-state index in [1.165, 1.54) is 161 Å². The van der Waals surface area contributed by atoms with Crippen LogP contribution in [0.2, 0.25) is 0 Å². The highest BCUT2D eigenvalue weighted by atomic mass is 31.2. The van der Waals surface area contributed by atoms with Crippen LogP contribution in [0.15, 0.2) is 12.2 Å². The Kier molecular flexibility index (Phi) is 43.1. The van der Waals surface area contributed by atoms with Gasteiger partial charge in [0, 0.05) is 13.0 Å². The normalized spacial score (nSPS) is 14.0. The predicted octanol–water partition coefficient (Wildman–Crippen LogP) is 13.3. The van der Waals surface area contributed by atoms with Crippen molar-refractivity contribution in [1.29, 1.82) is 0 Å². The van der Waals surface area contributed by atoms with E-state index < -0.39 is 33.2 Å². The molecule has 334 valence electrons. The quantitative estimate of drug-likeness (QED) is 0.0238. The van der Waals surface area contributed by atoms with Crippen molar-refractivity contribution in [2.24, 2.45) is 0 Å². The van der Waals surface area contributed by atoms with E-state index in [1.807, 2.05) is 0 Å². The minimum atomic E-state index is -4.52. The summed E-state index contributed by atoms with van der Waals surface area (Å²) in [6, 6.07) is 0. The molecule has 9 nitrogen and oxygen atoms in total. The Morgan fingerprint density at radius 1 is 0.536 bits per heavy atom. The van der Waals surface area contributed by atoms with Crippen LogP contribution < -0.4 is 0 Å². The van der Waals surface area contributed by atoms with Crippen molar-refractivity contribution in [2.45, 2.75) is 244 Å². The number of ether oxygens (including phenoxy) is 2. The second-order valence-electron chi connectivity index (χ2n) is 16.1. The molecule has 0 aromatic heterocycles. The summed E-state index contributed by atoms with van der Waals surface area (Å²) in [4.78, 5) is 22.6. The molecule has 56 heavy (non-hydrogen) atoms. The Morgan fingerprint density at radius 2 is 0.911 bits per heavy atom. The maximum absolute atomic E-state index is 12.6. The van der Waals surface area contributed by atoms with E-state index in [0.29, 0.717) is 6.61 Å². The first-order valence-corrected chi connectivity index (χ1v) is 25.2. The third kappa shape index (κ3) is 42.8. The van der Waals surface area contributed by atoms with E-state index in [9.17, 15) is 19.4 Å². The molecule has 10 heteroatoms. The molecule has 3 unspecified atom stereocenters. The van der Waals surface area contributed by atoms with Crippen LogP contribution in [0, 0.1) is 0 Å². The topological polar surface area (TPSA) is 132 Å². The number of aliphatic hydroxyl groups excluding tert-OH is 2. The van der Waals surface area contributed by atoms with Crippen molar-refractivity contribution < 1.29 is 43.0 Å². The Hall–Kier alpha value is -0.800. The lowest BCUT2D eigenvalue weighted by Gasteiger charge is -2.20. The monoisotopic (exact) mass is 819 g/mol. The Labute approximate surface area is 345 Å². The van der Waals surface area contributed by atoms with Gasteiger partial charge >= 0.3 is 13.8 Å². The average molecular weight is 819 g/mol. The van der Waals surface area contributed by atoms with E-state index in [4.69, 9.17) is 23.6 Å². The van der Waals surface area contributed by atoms with Gasteiger partial charge in [0.15, 0.2) is 0 Å². The van der Waals surface area contributed by atoms with Crippen molar-refractivity contribution in [3.05, 3.63) is 12.2 Å². The summed E-state index contributed by atoms with van der Waals surface area (Å²) < 4.78 is 33.4. The SMILES string of the molecule is CCCCCCCCC/C=C\CCCCCCCC(=O)OC(COCCCCCCCCCCCCCCCCCCCCC)COP(=O)(O)OCC(O)CO. The van der Waals surface area contributed by atoms with Gasteiger partial charge in [-0.15, -0.1) is 0 Å².